The number of carbonyl (C=O) groups excluding carboxylic acids is 1. The van der Waals surface area contributed by atoms with Crippen molar-refractivity contribution in [3.63, 3.8) is 0 Å². The van der Waals surface area contributed by atoms with Crippen LogP contribution in [0.1, 0.15) is 28.8 Å². The number of rotatable bonds is 10. The van der Waals surface area contributed by atoms with Crippen LogP contribution in [0.15, 0.2) is 78.0 Å². The maximum atomic E-state index is 13.8. The first-order chi connectivity index (χ1) is 25.2. The number of anilines is 2. The summed E-state index contributed by atoms with van der Waals surface area (Å²) in [6, 6.07) is 16.3. The van der Waals surface area contributed by atoms with Gasteiger partial charge in [0.05, 0.1) is 7.11 Å². The quantitative estimate of drug-likeness (QED) is 0.215. The predicted octanol–water partition coefficient (Wildman–Crippen LogP) is 1.70. The Labute approximate surface area is 316 Å². The van der Waals surface area contributed by atoms with Crippen LogP contribution in [0.3, 0.4) is 0 Å². The highest BCUT2D eigenvalue weighted by molar-refractivity contribution is 6.59. The zero-order valence-corrected chi connectivity index (χ0v) is 29.5. The number of ether oxygens (including phenoxy) is 3. The number of nitrogens with two attached hydrogens (primary N) is 1. The number of pyridine rings is 2. The monoisotopic (exact) mass is 690 g/mol. The van der Waals surface area contributed by atoms with Crippen LogP contribution in [0.5, 0.6) is 11.5 Å². The average molecular weight is 690 g/mol. The lowest BCUT2D eigenvalue weighted by atomic mass is 9.52. The molecule has 1 fully saturated rings. The minimum absolute atomic E-state index is 0.00752. The van der Waals surface area contributed by atoms with Gasteiger partial charge in [-0.3, -0.25) is 9.59 Å². The number of aromatic nitrogens is 2. The molecule has 1 aliphatic rings. The zero-order valence-electron chi connectivity index (χ0n) is 29.5. The van der Waals surface area contributed by atoms with Crippen LogP contribution in [0, 0.1) is 12.8 Å². The van der Waals surface area contributed by atoms with Crippen molar-refractivity contribution in [2.45, 2.75) is 31.6 Å². The van der Waals surface area contributed by atoms with Gasteiger partial charge in [-0.05, 0) is 76.9 Å². The van der Waals surface area contributed by atoms with Crippen molar-refractivity contribution in [2.75, 3.05) is 31.4 Å². The van der Waals surface area contributed by atoms with Crippen LogP contribution in [-0.4, -0.2) is 88.2 Å². The molecule has 252 valence electrons. The lowest BCUT2D eigenvalue weighted by Crippen LogP contribution is -2.42. The van der Waals surface area contributed by atoms with Crippen molar-refractivity contribution < 1.29 is 19.0 Å². The van der Waals surface area contributed by atoms with Gasteiger partial charge in [-0.2, -0.15) is 0 Å². The van der Waals surface area contributed by atoms with Crippen molar-refractivity contribution in [3.8, 4) is 44.9 Å². The summed E-state index contributed by atoms with van der Waals surface area (Å²) in [5, 5.41) is 0.779. The Bertz CT molecular complexity index is 2220. The lowest BCUT2D eigenvalue weighted by Gasteiger charge is -2.29. The number of nitrogens with one attached hydrogen (secondary N) is 1. The van der Waals surface area contributed by atoms with Crippen LogP contribution < -0.4 is 42.3 Å². The first kappa shape index (κ1) is 37.7. The molecular weight excluding hydrogens is 657 g/mol. The molecule has 3 N–H and O–H groups in total. The van der Waals surface area contributed by atoms with Crippen molar-refractivity contribution in [2.24, 2.45) is 5.92 Å². The minimum atomic E-state index is -2.10. The highest BCUT2D eigenvalue weighted by atomic mass is 16.5. The molecule has 0 aliphatic carbocycles. The summed E-state index contributed by atoms with van der Waals surface area (Å²) in [7, 11) is 37.6. The first-order valence-corrected chi connectivity index (χ1v) is 16.9. The standard InChI is InChI=1S/C38H32B6N4O5/c1-20-3-5-23(6-4-20)27-18-48(17-21-11-13-52-14-12-21)19-28(33(27)49)37(50)47-25-9-7-22(8-10-25)26-15-24(16-46-36(26)45)29-30(39)32(41)34(51-2)35(31(29)40)53-38(42,43)44/h3-10,15-16,18-19,21H,11-14,17H2,1-2H3,(H2,45,46)(H,47,50). The Morgan fingerprint density at radius 3 is 2.21 bits per heavy atom. The molecule has 5 aromatic rings. The number of hydrogen-bond acceptors (Lipinski definition) is 7. The van der Waals surface area contributed by atoms with Gasteiger partial charge in [-0.25, -0.2) is 4.98 Å². The van der Waals surface area contributed by atoms with Gasteiger partial charge in [0.25, 0.3) is 5.91 Å². The van der Waals surface area contributed by atoms with E-state index in [1.54, 1.807) is 36.5 Å². The van der Waals surface area contributed by atoms with Crippen LogP contribution in [0.4, 0.5) is 11.5 Å². The number of methoxy groups -OCH3 is 1. The van der Waals surface area contributed by atoms with Crippen LogP contribution in [0.25, 0.3) is 33.4 Å². The van der Waals surface area contributed by atoms with Gasteiger partial charge in [0.2, 0.25) is 5.43 Å². The average Bonchev–Trinajstić information content (AvgIpc) is 3.13. The molecule has 0 atom stereocenters. The zero-order chi connectivity index (χ0) is 38.0. The molecule has 3 aromatic carbocycles. The van der Waals surface area contributed by atoms with E-state index in [1.165, 1.54) is 13.3 Å². The Kier molecular flexibility index (Phi) is 11.1. The number of nitrogens with zero attached hydrogens (tertiary/aromatic N) is 2. The molecule has 9 nitrogen and oxygen atoms in total. The third kappa shape index (κ3) is 8.30. The molecule has 0 saturated carbocycles. The number of benzene rings is 3. The van der Waals surface area contributed by atoms with Crippen LogP contribution in [-0.2, 0) is 11.3 Å². The Balaban J connectivity index is 1.30. The van der Waals surface area contributed by atoms with Gasteiger partial charge < -0.3 is 29.8 Å². The van der Waals surface area contributed by atoms with E-state index < -0.39 is 11.2 Å². The summed E-state index contributed by atoms with van der Waals surface area (Å²) in [6.07, 6.45) is 6.75. The van der Waals surface area contributed by atoms with Gasteiger partial charge in [0.1, 0.15) is 58.5 Å². The molecule has 1 amide bonds. The van der Waals surface area contributed by atoms with E-state index >= 15 is 0 Å². The minimum Gasteiger partial charge on any atom is -0.513 e. The molecular formula is C38H32B6N4O5. The summed E-state index contributed by atoms with van der Waals surface area (Å²) in [5.74, 6) is -0.0360. The molecule has 1 saturated heterocycles. The second-order valence-electron chi connectivity index (χ2n) is 13.2. The highest BCUT2D eigenvalue weighted by Gasteiger charge is 2.24. The van der Waals surface area contributed by atoms with E-state index in [0.29, 0.717) is 53.6 Å². The molecule has 0 bridgehead atoms. The third-order valence-corrected chi connectivity index (χ3v) is 9.16. The summed E-state index contributed by atoms with van der Waals surface area (Å²) in [5.41, 5.74) is 10.8. The van der Waals surface area contributed by atoms with Gasteiger partial charge >= 0.3 is 0 Å². The molecule has 3 heterocycles. The molecule has 0 unspecified atom stereocenters. The Morgan fingerprint density at radius 1 is 0.925 bits per heavy atom. The van der Waals surface area contributed by atoms with Crippen molar-refractivity contribution in [1.29, 1.82) is 0 Å². The smallest absolute Gasteiger partial charge is 0.261 e. The van der Waals surface area contributed by atoms with E-state index in [4.69, 9.17) is 67.0 Å². The summed E-state index contributed by atoms with van der Waals surface area (Å²) < 4.78 is 18.3. The Morgan fingerprint density at radius 2 is 1.57 bits per heavy atom. The number of aryl methyl sites for hydroxylation is 1. The fraction of sp³-hybridized carbons (Fsp3) is 0.237. The fourth-order valence-corrected chi connectivity index (χ4v) is 6.39. The molecule has 1 aliphatic heterocycles. The maximum absolute atomic E-state index is 13.8. The molecule has 12 radical (unpaired) electrons. The van der Waals surface area contributed by atoms with Crippen LogP contribution >= 0.6 is 0 Å². The van der Waals surface area contributed by atoms with Crippen LogP contribution in [0.2, 0.25) is 0 Å². The normalized spacial score (nSPS) is 13.4. The fourth-order valence-electron chi connectivity index (χ4n) is 6.39. The van der Waals surface area contributed by atoms with Crippen molar-refractivity contribution in [1.82, 2.24) is 9.55 Å². The first-order valence-electron chi connectivity index (χ1n) is 16.9. The van der Waals surface area contributed by atoms with E-state index in [1.807, 2.05) is 42.0 Å². The molecule has 6 rings (SSSR count). The highest BCUT2D eigenvalue weighted by Crippen LogP contribution is 2.32. The maximum Gasteiger partial charge on any atom is 0.261 e. The van der Waals surface area contributed by atoms with Gasteiger partial charge in [-0.15, -0.1) is 0 Å². The van der Waals surface area contributed by atoms with Gasteiger partial charge in [0.15, 0.2) is 11.5 Å². The van der Waals surface area contributed by atoms with E-state index in [2.05, 4.69) is 10.3 Å². The number of carbonyl (C=O) groups is 1. The van der Waals surface area contributed by atoms with Crippen molar-refractivity contribution in [3.05, 3.63) is 94.5 Å². The second kappa shape index (κ2) is 15.5. The molecule has 0 spiro atoms. The van der Waals surface area contributed by atoms with E-state index in [0.717, 1.165) is 24.0 Å². The van der Waals surface area contributed by atoms with Gasteiger partial charge in [-0.1, -0.05) is 52.9 Å². The largest absolute Gasteiger partial charge is 0.513 e. The van der Waals surface area contributed by atoms with E-state index in [-0.39, 0.29) is 50.3 Å². The summed E-state index contributed by atoms with van der Waals surface area (Å²) in [4.78, 5) is 31.9. The number of nitrogen functional groups attached to an aromatic ring is 1. The SMILES string of the molecule is [B]c1c([B])c(-c2cnc(N)c(-c3ccc(NC(=O)c4cn(CC5CCOCC5)cc(-c5ccc(C)cc5)c4=O)cc3)c2)c([B])c(OC([B])([B])[B])c1OC. The van der Waals surface area contributed by atoms with Crippen molar-refractivity contribution >= 4 is 80.9 Å². The lowest BCUT2D eigenvalue weighted by molar-refractivity contribution is 0.0612. The topological polar surface area (TPSA) is 118 Å². The molecule has 15 heteroatoms. The van der Waals surface area contributed by atoms with Gasteiger partial charge in [0, 0.05) is 55.2 Å². The number of hydrogen-bond donors (Lipinski definition) is 2. The predicted molar refractivity (Wildman–Crippen MR) is 215 cm³/mol. The molecule has 53 heavy (non-hydrogen) atoms. The summed E-state index contributed by atoms with van der Waals surface area (Å²) >= 11 is 0. The van der Waals surface area contributed by atoms with E-state index in [9.17, 15) is 9.59 Å². The third-order valence-electron chi connectivity index (χ3n) is 9.16. The summed E-state index contributed by atoms with van der Waals surface area (Å²) in [6.45, 7) is 4.03. The number of amides is 1. The molecule has 2 aromatic heterocycles. The second-order valence-corrected chi connectivity index (χ2v) is 13.2. The Hall–Kier alpha value is -5.02.